The monoisotopic (exact) mass is 218 g/mol. The summed E-state index contributed by atoms with van der Waals surface area (Å²) in [6.07, 6.45) is 5.38. The van der Waals surface area contributed by atoms with Crippen LogP contribution < -0.4 is 0 Å². The van der Waals surface area contributed by atoms with Gasteiger partial charge in [0.05, 0.1) is 6.26 Å². The van der Waals surface area contributed by atoms with Crippen LogP contribution in [0.1, 0.15) is 25.7 Å². The second kappa shape index (κ2) is 4.68. The summed E-state index contributed by atoms with van der Waals surface area (Å²) in [5, 5.41) is 0. The SMILES string of the molecule is CS(=O)(=O)N1CCCCCC1N=C=O. The molecular weight excluding hydrogens is 204 g/mol. The zero-order valence-corrected chi connectivity index (χ0v) is 8.96. The average Bonchev–Trinajstić information content (AvgIpc) is 2.29. The van der Waals surface area contributed by atoms with E-state index in [1.807, 2.05) is 0 Å². The van der Waals surface area contributed by atoms with Gasteiger partial charge in [-0.25, -0.2) is 13.2 Å². The lowest BCUT2D eigenvalue weighted by atomic mass is 10.2. The van der Waals surface area contributed by atoms with Gasteiger partial charge < -0.3 is 0 Å². The Bertz CT molecular complexity index is 332. The molecule has 0 saturated carbocycles. The van der Waals surface area contributed by atoms with Crippen molar-refractivity contribution >= 4 is 16.1 Å². The number of sulfonamides is 1. The summed E-state index contributed by atoms with van der Waals surface area (Å²) in [6.45, 7) is 0.453. The number of nitrogens with zero attached hydrogens (tertiary/aromatic N) is 2. The Labute approximate surface area is 83.9 Å². The molecule has 1 saturated heterocycles. The van der Waals surface area contributed by atoms with Gasteiger partial charge >= 0.3 is 0 Å². The highest BCUT2D eigenvalue weighted by Gasteiger charge is 2.27. The maximum Gasteiger partial charge on any atom is 0.236 e. The van der Waals surface area contributed by atoms with E-state index >= 15 is 0 Å². The predicted molar refractivity (Wildman–Crippen MR) is 51.9 cm³/mol. The van der Waals surface area contributed by atoms with E-state index < -0.39 is 16.2 Å². The first kappa shape index (κ1) is 11.4. The molecule has 1 rings (SSSR count). The van der Waals surface area contributed by atoms with Gasteiger partial charge in [-0.1, -0.05) is 6.42 Å². The largest absolute Gasteiger partial charge is 0.236 e. The Morgan fingerprint density at radius 1 is 1.36 bits per heavy atom. The van der Waals surface area contributed by atoms with Crippen molar-refractivity contribution < 1.29 is 13.2 Å². The Kier molecular flexibility index (Phi) is 3.80. The Morgan fingerprint density at radius 2 is 2.07 bits per heavy atom. The fourth-order valence-corrected chi connectivity index (χ4v) is 2.70. The van der Waals surface area contributed by atoms with Crippen molar-refractivity contribution in [3.63, 3.8) is 0 Å². The molecule has 0 spiro atoms. The van der Waals surface area contributed by atoms with Gasteiger partial charge in [0.15, 0.2) is 0 Å². The first-order valence-corrected chi connectivity index (χ1v) is 6.44. The predicted octanol–water partition coefficient (Wildman–Crippen LogP) is 0.484. The fraction of sp³-hybridized carbons (Fsp3) is 0.875. The van der Waals surface area contributed by atoms with E-state index in [0.717, 1.165) is 25.5 Å². The van der Waals surface area contributed by atoms with E-state index in [0.29, 0.717) is 13.0 Å². The fourth-order valence-electron chi connectivity index (χ4n) is 1.64. The molecule has 14 heavy (non-hydrogen) atoms. The maximum absolute atomic E-state index is 11.4. The number of hydrogen-bond donors (Lipinski definition) is 0. The van der Waals surface area contributed by atoms with Gasteiger partial charge in [-0.05, 0) is 19.3 Å². The zero-order chi connectivity index (χ0) is 10.6. The number of carbonyl (C=O) groups excluding carboxylic acids is 1. The van der Waals surface area contributed by atoms with Crippen molar-refractivity contribution in [3.8, 4) is 0 Å². The van der Waals surface area contributed by atoms with Crippen LogP contribution in [0.25, 0.3) is 0 Å². The minimum atomic E-state index is -3.26. The summed E-state index contributed by atoms with van der Waals surface area (Å²) in [5.41, 5.74) is 0. The minimum Gasteiger partial charge on any atom is -0.212 e. The molecule has 0 amide bonds. The third kappa shape index (κ3) is 2.90. The van der Waals surface area contributed by atoms with Crippen molar-refractivity contribution in [2.75, 3.05) is 12.8 Å². The van der Waals surface area contributed by atoms with Crippen LogP contribution in [0, 0.1) is 0 Å². The summed E-state index contributed by atoms with van der Waals surface area (Å²) >= 11 is 0. The molecule has 0 aromatic carbocycles. The Morgan fingerprint density at radius 3 is 2.64 bits per heavy atom. The minimum absolute atomic E-state index is 0.453. The van der Waals surface area contributed by atoms with Crippen LogP contribution in [0.15, 0.2) is 4.99 Å². The van der Waals surface area contributed by atoms with Crippen molar-refractivity contribution in [1.82, 2.24) is 4.31 Å². The molecule has 1 fully saturated rings. The van der Waals surface area contributed by atoms with Gasteiger partial charge in [-0.2, -0.15) is 9.30 Å². The highest BCUT2D eigenvalue weighted by molar-refractivity contribution is 7.88. The first-order chi connectivity index (χ1) is 6.55. The van der Waals surface area contributed by atoms with Gasteiger partial charge in [0.1, 0.15) is 6.17 Å². The molecule has 0 bridgehead atoms. The van der Waals surface area contributed by atoms with Crippen LogP contribution in [0.3, 0.4) is 0 Å². The molecule has 0 aromatic heterocycles. The molecule has 6 heteroatoms. The molecular formula is C8H14N2O3S. The van der Waals surface area contributed by atoms with Crippen molar-refractivity contribution in [1.29, 1.82) is 0 Å². The topological polar surface area (TPSA) is 66.8 Å². The number of rotatable bonds is 2. The van der Waals surface area contributed by atoms with E-state index in [-0.39, 0.29) is 0 Å². The van der Waals surface area contributed by atoms with E-state index in [1.165, 1.54) is 10.4 Å². The third-order valence-electron chi connectivity index (χ3n) is 2.30. The van der Waals surface area contributed by atoms with Gasteiger partial charge in [-0.15, -0.1) is 0 Å². The standard InChI is InChI=1S/C8H14N2O3S/c1-14(12,13)10-6-4-2-3-5-8(10)9-7-11/h8H,2-6H2,1H3. The molecule has 5 nitrogen and oxygen atoms in total. The third-order valence-corrected chi connectivity index (χ3v) is 3.58. The van der Waals surface area contributed by atoms with Crippen molar-refractivity contribution in [3.05, 3.63) is 0 Å². The van der Waals surface area contributed by atoms with Crippen LogP contribution in [0.5, 0.6) is 0 Å². The van der Waals surface area contributed by atoms with Crippen molar-refractivity contribution in [2.24, 2.45) is 4.99 Å². The maximum atomic E-state index is 11.4. The molecule has 1 heterocycles. The van der Waals surface area contributed by atoms with Crippen molar-refractivity contribution in [2.45, 2.75) is 31.8 Å². The molecule has 1 aliphatic heterocycles. The average molecular weight is 218 g/mol. The van der Waals surface area contributed by atoms with E-state index in [4.69, 9.17) is 0 Å². The number of isocyanates is 1. The van der Waals surface area contributed by atoms with Crippen LogP contribution in [-0.4, -0.2) is 37.8 Å². The zero-order valence-electron chi connectivity index (χ0n) is 8.14. The van der Waals surface area contributed by atoms with E-state index in [9.17, 15) is 13.2 Å². The smallest absolute Gasteiger partial charge is 0.212 e. The highest BCUT2D eigenvalue weighted by atomic mass is 32.2. The second-order valence-electron chi connectivity index (χ2n) is 3.42. The quantitative estimate of drug-likeness (QED) is 0.500. The lowest BCUT2D eigenvalue weighted by molar-refractivity contribution is 0.333. The van der Waals surface area contributed by atoms with Gasteiger partial charge in [0, 0.05) is 6.54 Å². The molecule has 1 unspecified atom stereocenters. The number of aliphatic imine (C=N–C) groups is 1. The lowest BCUT2D eigenvalue weighted by Gasteiger charge is -2.22. The highest BCUT2D eigenvalue weighted by Crippen LogP contribution is 2.19. The van der Waals surface area contributed by atoms with Crippen LogP contribution in [0.2, 0.25) is 0 Å². The molecule has 0 aromatic rings. The van der Waals surface area contributed by atoms with E-state index in [1.54, 1.807) is 0 Å². The molecule has 0 radical (unpaired) electrons. The van der Waals surface area contributed by atoms with Gasteiger partial charge in [-0.3, -0.25) is 0 Å². The molecule has 80 valence electrons. The summed E-state index contributed by atoms with van der Waals surface area (Å²) in [4.78, 5) is 13.7. The first-order valence-electron chi connectivity index (χ1n) is 4.59. The normalized spacial score (nSPS) is 25.1. The van der Waals surface area contributed by atoms with Crippen LogP contribution >= 0.6 is 0 Å². The number of hydrogen-bond acceptors (Lipinski definition) is 4. The molecule has 1 atom stereocenters. The summed E-state index contributed by atoms with van der Waals surface area (Å²) in [7, 11) is -3.26. The lowest BCUT2D eigenvalue weighted by Crippen LogP contribution is -2.38. The Hall–Kier alpha value is -0.710. The molecule has 0 N–H and O–H groups in total. The van der Waals surface area contributed by atoms with E-state index in [2.05, 4.69) is 4.99 Å². The Balaban J connectivity index is 2.90. The summed E-state index contributed by atoms with van der Waals surface area (Å²) < 4.78 is 24.0. The van der Waals surface area contributed by atoms with Crippen LogP contribution in [0.4, 0.5) is 0 Å². The van der Waals surface area contributed by atoms with Gasteiger partial charge in [0.25, 0.3) is 0 Å². The van der Waals surface area contributed by atoms with Crippen LogP contribution in [-0.2, 0) is 14.8 Å². The second-order valence-corrected chi connectivity index (χ2v) is 5.36. The molecule has 0 aliphatic carbocycles. The summed E-state index contributed by atoms with van der Waals surface area (Å²) in [6, 6.07) is 0. The van der Waals surface area contributed by atoms with Gasteiger partial charge in [0.2, 0.25) is 16.1 Å². The molecule has 1 aliphatic rings. The summed E-state index contributed by atoms with van der Waals surface area (Å²) in [5.74, 6) is 0.